The average molecular weight is 489 g/mol. The Hall–Kier alpha value is -3.61. The van der Waals surface area contributed by atoms with Crippen LogP contribution in [0.1, 0.15) is 51.1 Å². The first-order chi connectivity index (χ1) is 17.5. The minimum absolute atomic E-state index is 0.0381. The van der Waals surface area contributed by atoms with Crippen molar-refractivity contribution >= 4 is 17.6 Å². The van der Waals surface area contributed by atoms with Crippen molar-refractivity contribution in [2.45, 2.75) is 52.4 Å². The number of carbonyl (C=O) groups excluding carboxylic acids is 2. The number of ether oxygens (including phenoxy) is 1. The molecular formula is C29H36N4O3. The Bertz CT molecular complexity index is 1170. The van der Waals surface area contributed by atoms with Crippen LogP contribution in [0.2, 0.25) is 0 Å². The highest BCUT2D eigenvalue weighted by Crippen LogP contribution is 2.34. The molecule has 0 atom stereocenters. The van der Waals surface area contributed by atoms with Crippen molar-refractivity contribution in [2.24, 2.45) is 5.92 Å². The Morgan fingerprint density at radius 3 is 2.42 bits per heavy atom. The number of hydrogen-bond donors (Lipinski definition) is 1. The van der Waals surface area contributed by atoms with Crippen molar-refractivity contribution in [1.82, 2.24) is 14.7 Å². The minimum atomic E-state index is -0.218. The van der Waals surface area contributed by atoms with Crippen LogP contribution in [0.4, 0.5) is 5.82 Å². The molecule has 1 saturated carbocycles. The number of hydrogen-bond acceptors (Lipinski definition) is 4. The largest absolute Gasteiger partial charge is 0.497 e. The van der Waals surface area contributed by atoms with Crippen molar-refractivity contribution in [3.05, 3.63) is 60.3 Å². The predicted molar refractivity (Wildman–Crippen MR) is 142 cm³/mol. The minimum Gasteiger partial charge on any atom is -0.497 e. The van der Waals surface area contributed by atoms with E-state index in [0.29, 0.717) is 12.4 Å². The smallest absolute Gasteiger partial charge is 0.245 e. The zero-order valence-corrected chi connectivity index (χ0v) is 21.5. The molecule has 1 aromatic heterocycles. The maximum Gasteiger partial charge on any atom is 0.245 e. The second kappa shape index (κ2) is 11.9. The van der Waals surface area contributed by atoms with Crippen molar-refractivity contribution in [3.63, 3.8) is 0 Å². The Morgan fingerprint density at radius 2 is 1.78 bits per heavy atom. The molecule has 0 aliphatic heterocycles. The van der Waals surface area contributed by atoms with E-state index in [-0.39, 0.29) is 24.3 Å². The van der Waals surface area contributed by atoms with Crippen molar-refractivity contribution < 1.29 is 14.3 Å². The summed E-state index contributed by atoms with van der Waals surface area (Å²) in [6.07, 6.45) is 5.87. The molecule has 1 aliphatic rings. The Morgan fingerprint density at radius 1 is 1.08 bits per heavy atom. The SMILES string of the molecule is CCCCN(CC(=O)Nc1c(-c2ccccc2)c(C)nn1-c1ccc(OC)cc1)C(=O)C1CCCC1. The molecule has 190 valence electrons. The highest BCUT2D eigenvalue weighted by molar-refractivity contribution is 5.98. The first-order valence-electron chi connectivity index (χ1n) is 12.9. The van der Waals surface area contributed by atoms with Gasteiger partial charge in [-0.3, -0.25) is 9.59 Å². The number of unbranched alkanes of at least 4 members (excludes halogenated alkanes) is 1. The van der Waals surface area contributed by atoms with E-state index >= 15 is 0 Å². The molecule has 4 rings (SSSR count). The Kier molecular flexibility index (Phi) is 8.41. The summed E-state index contributed by atoms with van der Waals surface area (Å²) in [6, 6.07) is 17.5. The van der Waals surface area contributed by atoms with E-state index in [4.69, 9.17) is 9.84 Å². The first-order valence-corrected chi connectivity index (χ1v) is 12.9. The van der Waals surface area contributed by atoms with Gasteiger partial charge < -0.3 is 15.0 Å². The van der Waals surface area contributed by atoms with Crippen LogP contribution in [0, 0.1) is 12.8 Å². The van der Waals surface area contributed by atoms with E-state index in [1.165, 1.54) is 0 Å². The van der Waals surface area contributed by atoms with Gasteiger partial charge in [0.25, 0.3) is 0 Å². The lowest BCUT2D eigenvalue weighted by Gasteiger charge is -2.25. The number of nitrogens with zero attached hydrogens (tertiary/aromatic N) is 3. The van der Waals surface area contributed by atoms with Crippen LogP contribution in [0.25, 0.3) is 16.8 Å². The summed E-state index contributed by atoms with van der Waals surface area (Å²) < 4.78 is 7.06. The lowest BCUT2D eigenvalue weighted by Crippen LogP contribution is -2.41. The molecule has 0 bridgehead atoms. The molecule has 7 heteroatoms. The highest BCUT2D eigenvalue weighted by atomic mass is 16.5. The molecule has 3 aromatic rings. The fourth-order valence-electron chi connectivity index (χ4n) is 4.90. The molecule has 7 nitrogen and oxygen atoms in total. The highest BCUT2D eigenvalue weighted by Gasteiger charge is 2.29. The van der Waals surface area contributed by atoms with Gasteiger partial charge in [0.1, 0.15) is 11.6 Å². The van der Waals surface area contributed by atoms with Gasteiger partial charge in [0.05, 0.1) is 25.0 Å². The van der Waals surface area contributed by atoms with Crippen LogP contribution in [0.3, 0.4) is 0 Å². The second-order valence-electron chi connectivity index (χ2n) is 9.43. The van der Waals surface area contributed by atoms with E-state index in [9.17, 15) is 9.59 Å². The second-order valence-corrected chi connectivity index (χ2v) is 9.43. The number of anilines is 1. The van der Waals surface area contributed by atoms with Crippen LogP contribution in [0.15, 0.2) is 54.6 Å². The molecule has 1 fully saturated rings. The summed E-state index contributed by atoms with van der Waals surface area (Å²) >= 11 is 0. The van der Waals surface area contributed by atoms with Gasteiger partial charge in [-0.05, 0) is 56.0 Å². The molecule has 2 aromatic carbocycles. The molecule has 0 radical (unpaired) electrons. The van der Waals surface area contributed by atoms with Crippen molar-refractivity contribution in [1.29, 1.82) is 0 Å². The van der Waals surface area contributed by atoms with E-state index < -0.39 is 0 Å². The van der Waals surface area contributed by atoms with Gasteiger partial charge in [0.15, 0.2) is 0 Å². The van der Waals surface area contributed by atoms with Crippen LogP contribution in [0.5, 0.6) is 5.75 Å². The fourth-order valence-corrected chi connectivity index (χ4v) is 4.90. The molecule has 0 unspecified atom stereocenters. The van der Waals surface area contributed by atoms with Crippen LogP contribution in [-0.4, -0.2) is 46.7 Å². The van der Waals surface area contributed by atoms with Crippen LogP contribution < -0.4 is 10.1 Å². The van der Waals surface area contributed by atoms with E-state index in [1.807, 2.05) is 61.5 Å². The van der Waals surface area contributed by atoms with Gasteiger partial charge in [-0.2, -0.15) is 5.10 Å². The Labute approximate surface area is 213 Å². The fraction of sp³-hybridized carbons (Fsp3) is 0.414. The van der Waals surface area contributed by atoms with E-state index in [2.05, 4.69) is 12.2 Å². The molecule has 1 N–H and O–H groups in total. The monoisotopic (exact) mass is 488 g/mol. The molecule has 1 heterocycles. The van der Waals surface area contributed by atoms with Gasteiger partial charge in [0.2, 0.25) is 11.8 Å². The zero-order chi connectivity index (χ0) is 25.5. The molecule has 36 heavy (non-hydrogen) atoms. The van der Waals surface area contributed by atoms with Crippen LogP contribution >= 0.6 is 0 Å². The predicted octanol–water partition coefficient (Wildman–Crippen LogP) is 5.61. The average Bonchev–Trinajstić information content (AvgIpc) is 3.55. The number of amides is 2. The molecular weight excluding hydrogens is 452 g/mol. The first kappa shape index (κ1) is 25.5. The number of rotatable bonds is 10. The summed E-state index contributed by atoms with van der Waals surface area (Å²) in [7, 11) is 1.63. The van der Waals surface area contributed by atoms with Gasteiger partial charge >= 0.3 is 0 Å². The topological polar surface area (TPSA) is 76.5 Å². The van der Waals surface area contributed by atoms with Gasteiger partial charge in [-0.1, -0.05) is 56.5 Å². The lowest BCUT2D eigenvalue weighted by atomic mass is 10.1. The lowest BCUT2D eigenvalue weighted by molar-refractivity contribution is -0.138. The molecule has 1 aliphatic carbocycles. The summed E-state index contributed by atoms with van der Waals surface area (Å²) in [5.74, 6) is 1.27. The quantitative estimate of drug-likeness (QED) is 0.402. The number of benzene rings is 2. The van der Waals surface area contributed by atoms with Gasteiger partial charge in [0, 0.05) is 18.0 Å². The van der Waals surface area contributed by atoms with E-state index in [0.717, 1.165) is 66.8 Å². The zero-order valence-electron chi connectivity index (χ0n) is 21.5. The van der Waals surface area contributed by atoms with Gasteiger partial charge in [-0.25, -0.2) is 4.68 Å². The maximum absolute atomic E-state index is 13.4. The van der Waals surface area contributed by atoms with Crippen molar-refractivity contribution in [3.8, 4) is 22.6 Å². The number of methoxy groups -OCH3 is 1. The summed E-state index contributed by atoms with van der Waals surface area (Å²) in [5.41, 5.74) is 3.44. The normalized spacial score (nSPS) is 13.5. The van der Waals surface area contributed by atoms with Crippen molar-refractivity contribution in [2.75, 3.05) is 25.5 Å². The third-order valence-corrected chi connectivity index (χ3v) is 6.83. The number of nitrogens with one attached hydrogen (secondary N) is 1. The number of carbonyl (C=O) groups is 2. The maximum atomic E-state index is 13.4. The standard InChI is InChI=1S/C29H36N4O3/c1-4-5-19-32(29(35)23-13-9-10-14-23)20-26(34)30-28-27(22-11-7-6-8-12-22)21(2)31-33(28)24-15-17-25(36-3)18-16-24/h6-8,11-12,15-18,23H,4-5,9-10,13-14,19-20H2,1-3H3,(H,30,34). The Balaban J connectivity index is 1.65. The number of aryl methyl sites for hydroxylation is 1. The van der Waals surface area contributed by atoms with E-state index in [1.54, 1.807) is 16.7 Å². The summed E-state index contributed by atoms with van der Waals surface area (Å²) in [6.45, 7) is 4.67. The molecule has 0 saturated heterocycles. The molecule has 2 amide bonds. The summed E-state index contributed by atoms with van der Waals surface area (Å²) in [5, 5.41) is 7.89. The number of aromatic nitrogens is 2. The van der Waals surface area contributed by atoms with Gasteiger partial charge in [-0.15, -0.1) is 0 Å². The summed E-state index contributed by atoms with van der Waals surface area (Å²) in [4.78, 5) is 28.4. The third kappa shape index (κ3) is 5.78. The molecule has 0 spiro atoms. The third-order valence-electron chi connectivity index (χ3n) is 6.83. The van der Waals surface area contributed by atoms with Crippen LogP contribution in [-0.2, 0) is 9.59 Å².